The van der Waals surface area contributed by atoms with E-state index in [0.717, 1.165) is 28.1 Å². The standard InChI is InChI=1S/C17H20N2O2/c1-12-9-15(21-2)7-8-16(12)19-17(20)10-13-5-3-4-6-14(13)11-18/h3-9H,10-11,18H2,1-2H3,(H,19,20). The van der Waals surface area contributed by atoms with Crippen LogP contribution < -0.4 is 15.8 Å². The van der Waals surface area contributed by atoms with Gasteiger partial charge in [-0.25, -0.2) is 0 Å². The highest BCUT2D eigenvalue weighted by Crippen LogP contribution is 2.21. The Kier molecular flexibility index (Phi) is 4.95. The second kappa shape index (κ2) is 6.90. The topological polar surface area (TPSA) is 64.3 Å². The maximum absolute atomic E-state index is 12.2. The fourth-order valence-corrected chi connectivity index (χ4v) is 2.20. The van der Waals surface area contributed by atoms with E-state index < -0.39 is 0 Å². The number of methoxy groups -OCH3 is 1. The van der Waals surface area contributed by atoms with Gasteiger partial charge in [-0.3, -0.25) is 4.79 Å². The van der Waals surface area contributed by atoms with Crippen LogP contribution in [0.15, 0.2) is 42.5 Å². The van der Waals surface area contributed by atoms with Crippen molar-refractivity contribution in [2.24, 2.45) is 5.73 Å². The van der Waals surface area contributed by atoms with E-state index in [1.807, 2.05) is 49.4 Å². The van der Waals surface area contributed by atoms with Crippen LogP contribution in [0.4, 0.5) is 5.69 Å². The van der Waals surface area contributed by atoms with Gasteiger partial charge in [0.25, 0.3) is 0 Å². The summed E-state index contributed by atoms with van der Waals surface area (Å²) < 4.78 is 5.15. The number of ether oxygens (including phenoxy) is 1. The summed E-state index contributed by atoms with van der Waals surface area (Å²) in [6.45, 7) is 2.37. The van der Waals surface area contributed by atoms with Crippen molar-refractivity contribution in [3.8, 4) is 5.75 Å². The summed E-state index contributed by atoms with van der Waals surface area (Å²) in [6, 6.07) is 13.3. The molecule has 110 valence electrons. The highest BCUT2D eigenvalue weighted by Gasteiger charge is 2.09. The molecule has 0 aliphatic carbocycles. The normalized spacial score (nSPS) is 10.2. The maximum Gasteiger partial charge on any atom is 0.228 e. The number of anilines is 1. The van der Waals surface area contributed by atoms with Gasteiger partial charge in [-0.05, 0) is 41.8 Å². The van der Waals surface area contributed by atoms with Gasteiger partial charge in [0.1, 0.15) is 5.75 Å². The quantitative estimate of drug-likeness (QED) is 0.887. The van der Waals surface area contributed by atoms with Gasteiger partial charge in [0.05, 0.1) is 13.5 Å². The molecule has 4 heteroatoms. The van der Waals surface area contributed by atoms with E-state index in [4.69, 9.17) is 10.5 Å². The van der Waals surface area contributed by atoms with E-state index >= 15 is 0 Å². The molecule has 0 atom stereocenters. The minimum atomic E-state index is -0.0517. The predicted molar refractivity (Wildman–Crippen MR) is 84.4 cm³/mol. The highest BCUT2D eigenvalue weighted by atomic mass is 16.5. The summed E-state index contributed by atoms with van der Waals surface area (Å²) in [4.78, 5) is 12.2. The van der Waals surface area contributed by atoms with Gasteiger partial charge in [-0.15, -0.1) is 0 Å². The minimum Gasteiger partial charge on any atom is -0.497 e. The van der Waals surface area contributed by atoms with E-state index in [2.05, 4.69) is 5.32 Å². The summed E-state index contributed by atoms with van der Waals surface area (Å²) in [7, 11) is 1.62. The molecule has 0 spiro atoms. The molecule has 2 rings (SSSR count). The van der Waals surface area contributed by atoms with Crippen LogP contribution in [0, 0.1) is 6.92 Å². The number of hydrogen-bond donors (Lipinski definition) is 2. The molecular formula is C17H20N2O2. The molecule has 0 fully saturated rings. The van der Waals surface area contributed by atoms with Gasteiger partial charge in [0, 0.05) is 12.2 Å². The van der Waals surface area contributed by atoms with Crippen molar-refractivity contribution in [3.05, 3.63) is 59.2 Å². The molecule has 0 aromatic heterocycles. The third kappa shape index (κ3) is 3.83. The summed E-state index contributed by atoms with van der Waals surface area (Å²) >= 11 is 0. The Morgan fingerprint density at radius 1 is 1.19 bits per heavy atom. The molecule has 0 bridgehead atoms. The molecule has 2 aromatic rings. The number of hydrogen-bond acceptors (Lipinski definition) is 3. The van der Waals surface area contributed by atoms with Crippen LogP contribution in [0.2, 0.25) is 0 Å². The Morgan fingerprint density at radius 3 is 2.52 bits per heavy atom. The number of carbonyl (C=O) groups is 1. The molecule has 1 amide bonds. The Morgan fingerprint density at radius 2 is 1.90 bits per heavy atom. The van der Waals surface area contributed by atoms with Gasteiger partial charge < -0.3 is 15.8 Å². The van der Waals surface area contributed by atoms with E-state index in [1.165, 1.54) is 0 Å². The monoisotopic (exact) mass is 284 g/mol. The molecule has 0 radical (unpaired) electrons. The Bertz CT molecular complexity index is 638. The molecule has 3 N–H and O–H groups in total. The lowest BCUT2D eigenvalue weighted by atomic mass is 10.0. The van der Waals surface area contributed by atoms with E-state index in [9.17, 15) is 4.79 Å². The number of amides is 1. The molecule has 2 aromatic carbocycles. The van der Waals surface area contributed by atoms with Crippen LogP contribution in [0.1, 0.15) is 16.7 Å². The second-order valence-electron chi connectivity index (χ2n) is 4.88. The van der Waals surface area contributed by atoms with Crippen LogP contribution in [-0.4, -0.2) is 13.0 Å². The van der Waals surface area contributed by atoms with Gasteiger partial charge in [0.15, 0.2) is 0 Å². The first-order chi connectivity index (χ1) is 10.1. The molecule has 0 unspecified atom stereocenters. The van der Waals surface area contributed by atoms with E-state index in [-0.39, 0.29) is 5.91 Å². The number of rotatable bonds is 5. The van der Waals surface area contributed by atoms with Crippen molar-refractivity contribution in [2.75, 3.05) is 12.4 Å². The molecule has 0 aliphatic heterocycles. The second-order valence-corrected chi connectivity index (χ2v) is 4.88. The van der Waals surface area contributed by atoms with Crippen molar-refractivity contribution in [1.82, 2.24) is 0 Å². The predicted octanol–water partition coefficient (Wildman–Crippen LogP) is 2.64. The van der Waals surface area contributed by atoms with Gasteiger partial charge in [-0.2, -0.15) is 0 Å². The Balaban J connectivity index is 2.08. The first kappa shape index (κ1) is 15.1. The number of carbonyl (C=O) groups excluding carboxylic acids is 1. The van der Waals surface area contributed by atoms with Crippen molar-refractivity contribution in [3.63, 3.8) is 0 Å². The Hall–Kier alpha value is -2.33. The first-order valence-electron chi connectivity index (χ1n) is 6.85. The molecule has 0 saturated carbocycles. The lowest BCUT2D eigenvalue weighted by molar-refractivity contribution is -0.115. The van der Waals surface area contributed by atoms with Gasteiger partial charge in [0.2, 0.25) is 5.91 Å². The van der Waals surface area contributed by atoms with Crippen LogP contribution >= 0.6 is 0 Å². The average Bonchev–Trinajstić information content (AvgIpc) is 2.49. The molecule has 21 heavy (non-hydrogen) atoms. The minimum absolute atomic E-state index is 0.0517. The molecule has 4 nitrogen and oxygen atoms in total. The lowest BCUT2D eigenvalue weighted by Crippen LogP contribution is -2.16. The average molecular weight is 284 g/mol. The van der Waals surface area contributed by atoms with Crippen LogP contribution in [0.3, 0.4) is 0 Å². The summed E-state index contributed by atoms with van der Waals surface area (Å²) in [5.74, 6) is 0.725. The fraction of sp³-hybridized carbons (Fsp3) is 0.235. The zero-order valence-electron chi connectivity index (χ0n) is 12.3. The summed E-state index contributed by atoms with van der Waals surface area (Å²) in [5, 5.41) is 2.93. The molecule has 0 aliphatic rings. The van der Waals surface area contributed by atoms with Crippen LogP contribution in [-0.2, 0) is 17.8 Å². The number of nitrogens with two attached hydrogens (primary N) is 1. The Labute approximate surface area is 124 Å². The lowest BCUT2D eigenvalue weighted by Gasteiger charge is -2.11. The maximum atomic E-state index is 12.2. The summed E-state index contributed by atoms with van der Waals surface area (Å²) in [5.41, 5.74) is 9.41. The number of benzene rings is 2. The first-order valence-corrected chi connectivity index (χ1v) is 6.85. The molecule has 0 heterocycles. The number of aryl methyl sites for hydroxylation is 1. The third-order valence-corrected chi connectivity index (χ3v) is 3.40. The van der Waals surface area contributed by atoms with Crippen molar-refractivity contribution in [2.45, 2.75) is 19.9 Å². The number of nitrogens with one attached hydrogen (secondary N) is 1. The van der Waals surface area contributed by atoms with Crippen molar-refractivity contribution >= 4 is 11.6 Å². The SMILES string of the molecule is COc1ccc(NC(=O)Cc2ccccc2CN)c(C)c1. The summed E-state index contributed by atoms with van der Waals surface area (Å²) in [6.07, 6.45) is 0.318. The highest BCUT2D eigenvalue weighted by molar-refractivity contribution is 5.93. The largest absolute Gasteiger partial charge is 0.497 e. The van der Waals surface area contributed by atoms with Crippen molar-refractivity contribution < 1.29 is 9.53 Å². The molecular weight excluding hydrogens is 264 g/mol. The van der Waals surface area contributed by atoms with E-state index in [0.29, 0.717) is 13.0 Å². The van der Waals surface area contributed by atoms with E-state index in [1.54, 1.807) is 7.11 Å². The van der Waals surface area contributed by atoms with Crippen LogP contribution in [0.25, 0.3) is 0 Å². The van der Waals surface area contributed by atoms with Crippen LogP contribution in [0.5, 0.6) is 5.75 Å². The zero-order chi connectivity index (χ0) is 15.2. The van der Waals surface area contributed by atoms with Crippen molar-refractivity contribution in [1.29, 1.82) is 0 Å². The molecule has 0 saturated heterocycles. The van der Waals surface area contributed by atoms with Gasteiger partial charge >= 0.3 is 0 Å². The van der Waals surface area contributed by atoms with Gasteiger partial charge in [-0.1, -0.05) is 24.3 Å². The smallest absolute Gasteiger partial charge is 0.228 e. The fourth-order valence-electron chi connectivity index (χ4n) is 2.20. The zero-order valence-corrected chi connectivity index (χ0v) is 12.3. The third-order valence-electron chi connectivity index (χ3n) is 3.40.